The fourth-order valence-corrected chi connectivity index (χ4v) is 6.52. The van der Waals surface area contributed by atoms with E-state index in [0.29, 0.717) is 43.4 Å². The summed E-state index contributed by atoms with van der Waals surface area (Å²) in [6.07, 6.45) is 2.90. The highest BCUT2D eigenvalue weighted by Crippen LogP contribution is 2.42. The zero-order valence-electron chi connectivity index (χ0n) is 28.6. The van der Waals surface area contributed by atoms with Crippen LogP contribution in [0.2, 0.25) is 0 Å². The van der Waals surface area contributed by atoms with Crippen molar-refractivity contribution in [3.05, 3.63) is 54.0 Å². The number of piperazine rings is 1. The zero-order valence-corrected chi connectivity index (χ0v) is 28.6. The minimum absolute atomic E-state index is 0.137. The van der Waals surface area contributed by atoms with Gasteiger partial charge in [0.1, 0.15) is 11.4 Å². The average molecular weight is 656 g/mol. The van der Waals surface area contributed by atoms with E-state index in [0.717, 1.165) is 61.1 Å². The van der Waals surface area contributed by atoms with Crippen LogP contribution in [0.15, 0.2) is 42.5 Å². The molecular formula is C36H46FN9O2. The summed E-state index contributed by atoms with van der Waals surface area (Å²) in [7, 11) is 2.16. The van der Waals surface area contributed by atoms with Crippen molar-refractivity contribution in [3.63, 3.8) is 0 Å². The summed E-state index contributed by atoms with van der Waals surface area (Å²) in [4.78, 5) is 29.4. The molecular weight excluding hydrogens is 609 g/mol. The molecule has 0 spiro atoms. The molecule has 12 heteroatoms. The standard InChI is InChI=1S/C36H46FN9O2/c1-35(2,3)48-34(47)41-36(4)14-16-46(17-15-36)33-38-28-13-10-25(23-8-11-26(12-9-23)45-20-18-44(5)19-21-45)22-27(28)31(40-33)39-32-29(37)30(42-43-32)24-6-7-24/h8-13,22,24H,6-7,14-21H2,1-5H3,(H,41,47)(H2,38,39,40,42,43). The lowest BCUT2D eigenvalue weighted by molar-refractivity contribution is 0.0448. The van der Waals surface area contributed by atoms with Gasteiger partial charge in [0, 0.05) is 61.8 Å². The van der Waals surface area contributed by atoms with Crippen molar-refractivity contribution in [2.75, 3.05) is 61.4 Å². The molecule has 4 aromatic rings. The first-order valence-electron chi connectivity index (χ1n) is 17.1. The molecule has 1 saturated carbocycles. The largest absolute Gasteiger partial charge is 0.444 e. The lowest BCUT2D eigenvalue weighted by Gasteiger charge is -2.40. The fourth-order valence-electron chi connectivity index (χ4n) is 6.52. The molecule has 3 N–H and O–H groups in total. The van der Waals surface area contributed by atoms with Crippen molar-refractivity contribution in [3.8, 4) is 11.1 Å². The second-order valence-corrected chi connectivity index (χ2v) is 14.8. The van der Waals surface area contributed by atoms with E-state index in [2.05, 4.69) is 79.0 Å². The Morgan fingerprint density at radius 3 is 2.29 bits per heavy atom. The van der Waals surface area contributed by atoms with Crippen LogP contribution in [-0.2, 0) is 4.74 Å². The van der Waals surface area contributed by atoms with Gasteiger partial charge in [-0.2, -0.15) is 10.1 Å². The molecule has 3 aliphatic rings. The van der Waals surface area contributed by atoms with Gasteiger partial charge in [0.15, 0.2) is 11.6 Å². The van der Waals surface area contributed by atoms with Crippen molar-refractivity contribution in [2.45, 2.75) is 70.4 Å². The molecule has 0 atom stereocenters. The number of amides is 1. The molecule has 4 heterocycles. The maximum absolute atomic E-state index is 15.5. The lowest BCUT2D eigenvalue weighted by atomic mass is 9.90. The van der Waals surface area contributed by atoms with E-state index in [1.54, 1.807) is 0 Å². The highest BCUT2D eigenvalue weighted by atomic mass is 19.1. The molecule has 2 aromatic heterocycles. The number of piperidine rings is 1. The molecule has 0 radical (unpaired) electrons. The van der Waals surface area contributed by atoms with Gasteiger partial charge in [0.05, 0.1) is 11.2 Å². The molecule has 2 aromatic carbocycles. The Balaban J connectivity index is 1.16. The smallest absolute Gasteiger partial charge is 0.408 e. The van der Waals surface area contributed by atoms with Crippen LogP contribution < -0.4 is 20.4 Å². The maximum Gasteiger partial charge on any atom is 0.408 e. The van der Waals surface area contributed by atoms with Crippen LogP contribution in [-0.4, -0.2) is 88.6 Å². The molecule has 1 aliphatic carbocycles. The average Bonchev–Trinajstić information content (AvgIpc) is 3.83. The van der Waals surface area contributed by atoms with Crippen molar-refractivity contribution in [1.29, 1.82) is 0 Å². The number of carbonyl (C=O) groups excluding carboxylic acids is 1. The molecule has 1 amide bonds. The number of nitrogens with zero attached hydrogens (tertiary/aromatic N) is 6. The second-order valence-electron chi connectivity index (χ2n) is 14.8. The first-order valence-corrected chi connectivity index (χ1v) is 17.1. The Morgan fingerprint density at radius 2 is 1.62 bits per heavy atom. The monoisotopic (exact) mass is 655 g/mol. The first kappa shape index (κ1) is 32.1. The number of ether oxygens (including phenoxy) is 1. The van der Waals surface area contributed by atoms with E-state index in [4.69, 9.17) is 14.7 Å². The fraction of sp³-hybridized carbons (Fsp3) is 0.500. The highest BCUT2D eigenvalue weighted by molar-refractivity contribution is 5.95. The summed E-state index contributed by atoms with van der Waals surface area (Å²) in [6.45, 7) is 13.0. The van der Waals surface area contributed by atoms with Crippen LogP contribution in [0.4, 0.5) is 32.5 Å². The number of aromatic nitrogens is 4. The van der Waals surface area contributed by atoms with Gasteiger partial charge in [-0.25, -0.2) is 14.2 Å². The van der Waals surface area contributed by atoms with E-state index in [1.165, 1.54) is 5.69 Å². The SMILES string of the molecule is CN1CCN(c2ccc(-c3ccc4nc(N5CCC(C)(NC(=O)OC(C)(C)C)CC5)nc(Nc5n[nH]c(C6CC6)c5F)c4c3)cc2)CC1. The third-order valence-electron chi connectivity index (χ3n) is 9.66. The summed E-state index contributed by atoms with van der Waals surface area (Å²) in [5, 5.41) is 14.3. The Bertz CT molecular complexity index is 1780. The molecule has 11 nitrogen and oxygen atoms in total. The number of hydrogen-bond donors (Lipinski definition) is 3. The number of likely N-dealkylation sites (N-methyl/N-ethyl adjacent to an activating group) is 1. The number of hydrogen-bond acceptors (Lipinski definition) is 9. The number of alkyl carbamates (subject to hydrolysis) is 1. The molecule has 48 heavy (non-hydrogen) atoms. The number of halogens is 1. The van der Waals surface area contributed by atoms with Crippen LogP contribution >= 0.6 is 0 Å². The molecule has 2 saturated heterocycles. The van der Waals surface area contributed by atoms with E-state index in [1.807, 2.05) is 33.8 Å². The van der Waals surface area contributed by atoms with Gasteiger partial charge in [-0.15, -0.1) is 0 Å². The van der Waals surface area contributed by atoms with Gasteiger partial charge in [-0.3, -0.25) is 5.10 Å². The quantitative estimate of drug-likeness (QED) is 0.208. The van der Waals surface area contributed by atoms with Gasteiger partial charge < -0.3 is 30.1 Å². The maximum atomic E-state index is 15.5. The van der Waals surface area contributed by atoms with E-state index >= 15 is 4.39 Å². The number of anilines is 4. The van der Waals surface area contributed by atoms with E-state index in [9.17, 15) is 4.79 Å². The Kier molecular flexibility index (Phi) is 8.39. The Morgan fingerprint density at radius 1 is 0.938 bits per heavy atom. The third-order valence-corrected chi connectivity index (χ3v) is 9.66. The third kappa shape index (κ3) is 7.03. The van der Waals surface area contributed by atoms with Gasteiger partial charge in [-0.1, -0.05) is 18.2 Å². The summed E-state index contributed by atoms with van der Waals surface area (Å²) in [5.74, 6) is 1.02. The van der Waals surface area contributed by atoms with Crippen molar-refractivity contribution in [1.82, 2.24) is 30.4 Å². The van der Waals surface area contributed by atoms with Crippen LogP contribution in [0.1, 0.15) is 65.0 Å². The van der Waals surface area contributed by atoms with Crippen LogP contribution in [0, 0.1) is 5.82 Å². The molecule has 7 rings (SSSR count). The Hall–Kier alpha value is -4.45. The summed E-state index contributed by atoms with van der Waals surface area (Å²) >= 11 is 0. The van der Waals surface area contributed by atoms with Crippen molar-refractivity contribution >= 4 is 40.3 Å². The number of benzene rings is 2. The molecule has 254 valence electrons. The summed E-state index contributed by atoms with van der Waals surface area (Å²) < 4.78 is 21.0. The second kappa shape index (κ2) is 12.5. The van der Waals surface area contributed by atoms with Gasteiger partial charge >= 0.3 is 6.09 Å². The summed E-state index contributed by atoms with van der Waals surface area (Å²) in [6, 6.07) is 14.8. The topological polar surface area (TPSA) is 115 Å². The number of fused-ring (bicyclic) bond motifs is 1. The Labute approximate surface area is 281 Å². The summed E-state index contributed by atoms with van der Waals surface area (Å²) in [5.41, 5.74) is 3.65. The number of nitrogens with one attached hydrogen (secondary N) is 3. The van der Waals surface area contributed by atoms with Crippen molar-refractivity contribution < 1.29 is 13.9 Å². The number of carbonyl (C=O) groups is 1. The predicted octanol–water partition coefficient (Wildman–Crippen LogP) is 6.42. The normalized spacial score (nSPS) is 18.6. The number of H-pyrrole nitrogens is 1. The van der Waals surface area contributed by atoms with E-state index < -0.39 is 17.2 Å². The van der Waals surface area contributed by atoms with Crippen LogP contribution in [0.25, 0.3) is 22.0 Å². The van der Waals surface area contributed by atoms with Gasteiger partial charge in [-0.05, 0) is 95.8 Å². The highest BCUT2D eigenvalue weighted by Gasteiger charge is 2.35. The van der Waals surface area contributed by atoms with E-state index in [-0.39, 0.29) is 17.6 Å². The van der Waals surface area contributed by atoms with Gasteiger partial charge in [0.2, 0.25) is 5.95 Å². The lowest BCUT2D eigenvalue weighted by Crippen LogP contribution is -2.54. The molecule has 0 bridgehead atoms. The number of aromatic amines is 1. The van der Waals surface area contributed by atoms with Crippen LogP contribution in [0.5, 0.6) is 0 Å². The predicted molar refractivity (Wildman–Crippen MR) is 188 cm³/mol. The zero-order chi connectivity index (χ0) is 33.6. The minimum Gasteiger partial charge on any atom is -0.444 e. The molecule has 0 unspecified atom stereocenters. The first-order chi connectivity index (χ1) is 22.9. The minimum atomic E-state index is -0.565. The molecule has 2 aliphatic heterocycles. The molecule has 3 fully saturated rings. The van der Waals surface area contributed by atoms with Crippen molar-refractivity contribution in [2.24, 2.45) is 0 Å². The van der Waals surface area contributed by atoms with Crippen LogP contribution in [0.3, 0.4) is 0 Å². The van der Waals surface area contributed by atoms with Gasteiger partial charge in [0.25, 0.3) is 0 Å². The number of rotatable bonds is 7.